The minimum atomic E-state index is -0.112. The number of aromatic nitrogens is 6. The number of hydrogen-bond donors (Lipinski definition) is 1. The number of fused-ring (bicyclic) bond motifs is 2. The van der Waals surface area contributed by atoms with E-state index in [-0.39, 0.29) is 11.8 Å². The van der Waals surface area contributed by atoms with Crippen molar-refractivity contribution in [3.63, 3.8) is 0 Å². The van der Waals surface area contributed by atoms with Gasteiger partial charge in [-0.15, -0.1) is 15.3 Å². The molecular weight excluding hydrogens is 442 g/mol. The smallest absolute Gasteiger partial charge is 0.226 e. The molecule has 9 nitrogen and oxygen atoms in total. The van der Waals surface area contributed by atoms with E-state index in [1.807, 2.05) is 43.3 Å². The molecule has 0 bridgehead atoms. The minimum absolute atomic E-state index is 0.0643. The summed E-state index contributed by atoms with van der Waals surface area (Å²) >= 11 is 0. The summed E-state index contributed by atoms with van der Waals surface area (Å²) in [5.41, 5.74) is 4.97. The molecule has 1 aliphatic rings. The van der Waals surface area contributed by atoms with Crippen LogP contribution in [0.5, 0.6) is 5.75 Å². The Bertz CT molecular complexity index is 1530. The van der Waals surface area contributed by atoms with Crippen LogP contribution in [0.2, 0.25) is 0 Å². The highest BCUT2D eigenvalue weighted by molar-refractivity contribution is 5.94. The normalized spacial score (nSPS) is 15.1. The fraction of sp³-hybridized carbons (Fsp3) is 0.192. The molecule has 6 rings (SSSR count). The number of rotatable bonds is 5. The first kappa shape index (κ1) is 21.0. The van der Waals surface area contributed by atoms with Gasteiger partial charge in [-0.2, -0.15) is 14.3 Å². The molecule has 0 saturated carbocycles. The van der Waals surface area contributed by atoms with Crippen LogP contribution in [0.1, 0.15) is 40.4 Å². The molecule has 0 unspecified atom stereocenters. The zero-order valence-electron chi connectivity index (χ0n) is 19.3. The number of carbonyl (C=O) groups is 1. The van der Waals surface area contributed by atoms with E-state index in [2.05, 4.69) is 56.9 Å². The highest BCUT2D eigenvalue weighted by Crippen LogP contribution is 2.38. The van der Waals surface area contributed by atoms with E-state index in [4.69, 9.17) is 4.74 Å². The number of ether oxygens (including phenoxy) is 1. The Labute approximate surface area is 201 Å². The van der Waals surface area contributed by atoms with Gasteiger partial charge < -0.3 is 10.1 Å². The Morgan fingerprint density at radius 3 is 2.60 bits per heavy atom. The maximum atomic E-state index is 12.6. The lowest BCUT2D eigenvalue weighted by Crippen LogP contribution is -2.24. The Hall–Kier alpha value is -4.53. The predicted octanol–water partition coefficient (Wildman–Crippen LogP) is 3.98. The van der Waals surface area contributed by atoms with Crippen LogP contribution in [0.4, 0.5) is 5.82 Å². The molecule has 9 heteroatoms. The van der Waals surface area contributed by atoms with Gasteiger partial charge in [-0.05, 0) is 49.2 Å². The third kappa shape index (κ3) is 3.90. The maximum absolute atomic E-state index is 12.6. The molecule has 35 heavy (non-hydrogen) atoms. The second-order valence-electron chi connectivity index (χ2n) is 8.72. The van der Waals surface area contributed by atoms with Gasteiger partial charge in [0.25, 0.3) is 0 Å². The Morgan fingerprint density at radius 2 is 1.80 bits per heavy atom. The lowest BCUT2D eigenvalue weighted by Gasteiger charge is -2.23. The lowest BCUT2D eigenvalue weighted by molar-refractivity contribution is -0.116. The topological polar surface area (TPSA) is 99.2 Å². The average Bonchev–Trinajstić information content (AvgIpc) is 3.47. The maximum Gasteiger partial charge on any atom is 0.226 e. The van der Waals surface area contributed by atoms with Crippen molar-refractivity contribution in [2.45, 2.75) is 32.8 Å². The van der Waals surface area contributed by atoms with Gasteiger partial charge in [0.15, 0.2) is 17.3 Å². The van der Waals surface area contributed by atoms with Crippen molar-refractivity contribution in [1.29, 1.82) is 0 Å². The van der Waals surface area contributed by atoms with E-state index in [9.17, 15) is 4.79 Å². The second kappa shape index (κ2) is 8.35. The third-order valence-corrected chi connectivity index (χ3v) is 6.25. The molecule has 0 fully saturated rings. The number of hydrogen-bond acceptors (Lipinski definition) is 6. The molecule has 1 amide bonds. The number of benzene rings is 2. The summed E-state index contributed by atoms with van der Waals surface area (Å²) < 4.78 is 9.25. The van der Waals surface area contributed by atoms with Gasteiger partial charge in [0, 0.05) is 17.9 Å². The van der Waals surface area contributed by atoms with E-state index in [0.717, 1.165) is 22.4 Å². The molecule has 3 aromatic heterocycles. The average molecular weight is 466 g/mol. The van der Waals surface area contributed by atoms with Crippen LogP contribution >= 0.6 is 0 Å². The number of amides is 1. The largest absolute Gasteiger partial charge is 0.489 e. The van der Waals surface area contributed by atoms with Gasteiger partial charge in [-0.1, -0.05) is 42.0 Å². The minimum Gasteiger partial charge on any atom is -0.489 e. The molecule has 4 heterocycles. The van der Waals surface area contributed by atoms with Crippen LogP contribution in [0.15, 0.2) is 66.9 Å². The summed E-state index contributed by atoms with van der Waals surface area (Å²) in [6, 6.07) is 19.9. The van der Waals surface area contributed by atoms with Gasteiger partial charge >= 0.3 is 0 Å². The highest BCUT2D eigenvalue weighted by Gasteiger charge is 2.30. The second-order valence-corrected chi connectivity index (χ2v) is 8.72. The van der Waals surface area contributed by atoms with Crippen molar-refractivity contribution in [3.05, 3.63) is 94.9 Å². The monoisotopic (exact) mass is 465 g/mol. The molecule has 174 valence electrons. The third-order valence-electron chi connectivity index (χ3n) is 6.25. The highest BCUT2D eigenvalue weighted by atomic mass is 16.5. The molecule has 1 aliphatic heterocycles. The Balaban J connectivity index is 1.26. The number of anilines is 1. The van der Waals surface area contributed by atoms with Crippen molar-refractivity contribution in [2.75, 3.05) is 5.32 Å². The summed E-state index contributed by atoms with van der Waals surface area (Å²) in [6.07, 6.45) is 2.14. The van der Waals surface area contributed by atoms with Crippen LogP contribution < -0.4 is 10.1 Å². The van der Waals surface area contributed by atoms with Crippen LogP contribution in [-0.4, -0.2) is 35.5 Å². The van der Waals surface area contributed by atoms with Crippen molar-refractivity contribution in [1.82, 2.24) is 29.6 Å². The van der Waals surface area contributed by atoms with E-state index in [1.165, 1.54) is 5.56 Å². The Morgan fingerprint density at radius 1 is 1.00 bits per heavy atom. The van der Waals surface area contributed by atoms with Gasteiger partial charge in [0.2, 0.25) is 5.91 Å². The number of aryl methyl sites for hydroxylation is 2. The standard InChI is InChI=1S/C26H23N7O2/c1-16-3-5-18(6-4-16)15-35-20-9-7-19(8-10-20)21-13-25(34)28-26-22(21)14-27-33(26)24-12-11-23-30-29-17(2)32(23)31-24/h3-12,14,21H,13,15H2,1-2H3,(H,28,34)/t21-/m1/s1. The van der Waals surface area contributed by atoms with Crippen LogP contribution in [-0.2, 0) is 11.4 Å². The quantitative estimate of drug-likeness (QED) is 0.422. The van der Waals surface area contributed by atoms with E-state index in [0.29, 0.717) is 36.1 Å². The van der Waals surface area contributed by atoms with Crippen LogP contribution in [0.3, 0.4) is 0 Å². The predicted molar refractivity (Wildman–Crippen MR) is 130 cm³/mol. The van der Waals surface area contributed by atoms with Crippen LogP contribution in [0, 0.1) is 13.8 Å². The molecule has 5 aromatic rings. The number of nitrogens with one attached hydrogen (secondary N) is 1. The number of carbonyl (C=O) groups excluding carboxylic acids is 1. The molecule has 0 aliphatic carbocycles. The molecule has 1 N–H and O–H groups in total. The fourth-order valence-electron chi connectivity index (χ4n) is 4.34. The molecule has 0 spiro atoms. The first-order valence-corrected chi connectivity index (χ1v) is 11.4. The van der Waals surface area contributed by atoms with Gasteiger partial charge in [0.1, 0.15) is 18.2 Å². The Kier molecular flexibility index (Phi) is 5.02. The molecule has 2 aromatic carbocycles. The molecule has 0 radical (unpaired) electrons. The van der Waals surface area contributed by atoms with Crippen molar-refractivity contribution >= 4 is 17.4 Å². The first-order chi connectivity index (χ1) is 17.0. The van der Waals surface area contributed by atoms with Crippen molar-refractivity contribution in [3.8, 4) is 11.6 Å². The van der Waals surface area contributed by atoms with Gasteiger partial charge in [0.05, 0.1) is 6.20 Å². The van der Waals surface area contributed by atoms with Crippen molar-refractivity contribution in [2.24, 2.45) is 0 Å². The SMILES string of the molecule is Cc1ccc(COc2ccc([C@H]3CC(=O)Nc4c3cnn4-c3ccc4nnc(C)n4n3)cc2)cc1. The van der Waals surface area contributed by atoms with Crippen molar-refractivity contribution < 1.29 is 9.53 Å². The van der Waals surface area contributed by atoms with E-state index >= 15 is 0 Å². The zero-order valence-corrected chi connectivity index (χ0v) is 19.3. The lowest BCUT2D eigenvalue weighted by atomic mass is 9.87. The number of nitrogens with zero attached hydrogens (tertiary/aromatic N) is 6. The van der Waals surface area contributed by atoms with Gasteiger partial charge in [-0.3, -0.25) is 4.79 Å². The zero-order chi connectivity index (χ0) is 23.9. The summed E-state index contributed by atoms with van der Waals surface area (Å²) in [7, 11) is 0. The first-order valence-electron chi connectivity index (χ1n) is 11.4. The summed E-state index contributed by atoms with van der Waals surface area (Å²) in [5.74, 6) is 2.48. The van der Waals surface area contributed by atoms with Gasteiger partial charge in [-0.25, -0.2) is 0 Å². The summed E-state index contributed by atoms with van der Waals surface area (Å²) in [6.45, 7) is 4.41. The molecular formula is C26H23N7O2. The molecule has 0 saturated heterocycles. The fourth-order valence-corrected chi connectivity index (χ4v) is 4.34. The summed E-state index contributed by atoms with van der Waals surface area (Å²) in [5, 5.41) is 20.2. The van der Waals surface area contributed by atoms with Crippen LogP contribution in [0.25, 0.3) is 11.5 Å². The molecule has 1 atom stereocenters. The summed E-state index contributed by atoms with van der Waals surface area (Å²) in [4.78, 5) is 12.6. The van der Waals surface area contributed by atoms with E-state index < -0.39 is 0 Å². The van der Waals surface area contributed by atoms with E-state index in [1.54, 1.807) is 15.4 Å².